The number of carbonyl (C=O) groups is 1. The van der Waals surface area contributed by atoms with Gasteiger partial charge in [-0.05, 0) is 12.8 Å². The summed E-state index contributed by atoms with van der Waals surface area (Å²) in [5, 5.41) is 28.8. The molecule has 144 valence electrons. The Morgan fingerprint density at radius 2 is 2.04 bits per heavy atom. The second-order valence-electron chi connectivity index (χ2n) is 6.59. The Kier molecular flexibility index (Phi) is 5.87. The molecule has 0 spiro atoms. The lowest BCUT2D eigenvalue weighted by Crippen LogP contribution is -2.36. The lowest BCUT2D eigenvalue weighted by molar-refractivity contribution is -0.146. The van der Waals surface area contributed by atoms with Crippen LogP contribution >= 0.6 is 0 Å². The van der Waals surface area contributed by atoms with Crippen molar-refractivity contribution in [3.63, 3.8) is 0 Å². The van der Waals surface area contributed by atoms with E-state index in [0.717, 1.165) is 36.7 Å². The van der Waals surface area contributed by atoms with Crippen LogP contribution in [0.15, 0.2) is 17.1 Å². The first-order valence-corrected chi connectivity index (χ1v) is 8.69. The van der Waals surface area contributed by atoms with Crippen molar-refractivity contribution >= 4 is 11.8 Å². The van der Waals surface area contributed by atoms with Gasteiger partial charge in [0.15, 0.2) is 12.0 Å². The molecule has 2 heterocycles. The standard InChI is InChI=1S/C16H23N3O7/c20-8-10-12(21)13(22)14(25-10)19-7-6-11(17-16(19)24)18-26-15(23)9-4-2-1-3-5-9/h6-7,9-10,12-14,20-22H,1-5,8H2,(H,17,18,24)/t10-,12-,13-,14-/m1/s1. The largest absolute Gasteiger partial charge is 0.394 e. The van der Waals surface area contributed by atoms with Gasteiger partial charge in [-0.1, -0.05) is 19.3 Å². The highest BCUT2D eigenvalue weighted by atomic mass is 16.7. The molecule has 0 aromatic carbocycles. The Bertz CT molecular complexity index is 689. The van der Waals surface area contributed by atoms with E-state index in [1.54, 1.807) is 0 Å². The first-order valence-electron chi connectivity index (χ1n) is 8.69. The van der Waals surface area contributed by atoms with E-state index < -0.39 is 36.8 Å². The van der Waals surface area contributed by atoms with Crippen molar-refractivity contribution in [2.75, 3.05) is 12.1 Å². The van der Waals surface area contributed by atoms with E-state index in [1.807, 2.05) is 0 Å². The molecule has 0 bridgehead atoms. The van der Waals surface area contributed by atoms with E-state index in [9.17, 15) is 19.8 Å². The third kappa shape index (κ3) is 3.88. The van der Waals surface area contributed by atoms with Gasteiger partial charge >= 0.3 is 11.7 Å². The maximum atomic E-state index is 12.2. The van der Waals surface area contributed by atoms with E-state index >= 15 is 0 Å². The Balaban J connectivity index is 1.62. The number of aromatic nitrogens is 2. The first-order chi connectivity index (χ1) is 12.5. The molecule has 2 fully saturated rings. The Hall–Kier alpha value is -2.01. The molecule has 4 N–H and O–H groups in total. The average molecular weight is 369 g/mol. The molecule has 1 aliphatic carbocycles. The van der Waals surface area contributed by atoms with Crippen LogP contribution in [0.5, 0.6) is 0 Å². The molecule has 3 rings (SSSR count). The van der Waals surface area contributed by atoms with E-state index in [-0.39, 0.29) is 17.7 Å². The summed E-state index contributed by atoms with van der Waals surface area (Å²) in [6, 6.07) is 1.38. The third-order valence-electron chi connectivity index (χ3n) is 4.82. The fourth-order valence-corrected chi connectivity index (χ4v) is 3.30. The molecule has 1 saturated carbocycles. The lowest BCUT2D eigenvalue weighted by atomic mass is 9.89. The smallest absolute Gasteiger partial charge is 0.351 e. The quantitative estimate of drug-likeness (QED) is 0.496. The average Bonchev–Trinajstić information content (AvgIpc) is 2.95. The number of nitrogens with one attached hydrogen (secondary N) is 1. The minimum Gasteiger partial charge on any atom is -0.394 e. The van der Waals surface area contributed by atoms with E-state index in [0.29, 0.717) is 0 Å². The van der Waals surface area contributed by atoms with Crippen LogP contribution in [-0.4, -0.2) is 55.8 Å². The summed E-state index contributed by atoms with van der Waals surface area (Å²) in [6.45, 7) is -0.492. The van der Waals surface area contributed by atoms with Crippen LogP contribution in [0.3, 0.4) is 0 Å². The summed E-state index contributed by atoms with van der Waals surface area (Å²) in [4.78, 5) is 32.9. The zero-order valence-corrected chi connectivity index (χ0v) is 14.2. The lowest BCUT2D eigenvalue weighted by Gasteiger charge is -2.20. The van der Waals surface area contributed by atoms with Crippen molar-refractivity contribution in [3.05, 3.63) is 22.7 Å². The molecule has 4 atom stereocenters. The minimum absolute atomic E-state index is 0.0437. The monoisotopic (exact) mass is 369 g/mol. The van der Waals surface area contributed by atoms with Crippen LogP contribution in [0.4, 0.5) is 5.82 Å². The van der Waals surface area contributed by atoms with Gasteiger partial charge in [0.1, 0.15) is 18.3 Å². The fraction of sp³-hybridized carbons (Fsp3) is 0.688. The van der Waals surface area contributed by atoms with E-state index in [4.69, 9.17) is 14.7 Å². The number of nitrogens with zero attached hydrogens (tertiary/aromatic N) is 2. The highest BCUT2D eigenvalue weighted by Crippen LogP contribution is 2.28. The van der Waals surface area contributed by atoms with Gasteiger partial charge in [0.05, 0.1) is 12.5 Å². The number of aliphatic hydroxyl groups excluding tert-OH is 3. The van der Waals surface area contributed by atoms with Crippen molar-refractivity contribution in [2.24, 2.45) is 5.92 Å². The molecular formula is C16H23N3O7. The van der Waals surface area contributed by atoms with Crippen LogP contribution in [0.25, 0.3) is 0 Å². The van der Waals surface area contributed by atoms with Crippen LogP contribution in [0.1, 0.15) is 38.3 Å². The van der Waals surface area contributed by atoms with Gasteiger partial charge in [0, 0.05) is 12.3 Å². The van der Waals surface area contributed by atoms with E-state index in [2.05, 4.69) is 10.5 Å². The molecule has 0 radical (unpaired) electrons. The SMILES string of the molecule is O=C(ONc1ccn([C@@H]2O[C@H](CO)[C@@H](O)[C@H]2O)c(=O)n1)C1CCCCC1. The molecule has 2 aliphatic rings. The van der Waals surface area contributed by atoms with Gasteiger partial charge in [-0.2, -0.15) is 4.98 Å². The number of hydrogen-bond acceptors (Lipinski definition) is 9. The molecule has 1 saturated heterocycles. The number of aliphatic hydroxyl groups is 3. The van der Waals surface area contributed by atoms with Gasteiger partial charge < -0.3 is 24.9 Å². The van der Waals surface area contributed by atoms with Gasteiger partial charge in [-0.25, -0.2) is 15.1 Å². The molecule has 10 nitrogen and oxygen atoms in total. The Labute approximate surface area is 149 Å². The van der Waals surface area contributed by atoms with Gasteiger partial charge in [-0.15, -0.1) is 0 Å². The second-order valence-corrected chi connectivity index (χ2v) is 6.59. The number of rotatable bonds is 5. The van der Waals surface area contributed by atoms with E-state index in [1.165, 1.54) is 12.3 Å². The van der Waals surface area contributed by atoms with Crippen LogP contribution in [0, 0.1) is 5.92 Å². The number of anilines is 1. The first kappa shape index (κ1) is 18.8. The summed E-state index contributed by atoms with van der Waals surface area (Å²) in [5.74, 6) is -0.475. The summed E-state index contributed by atoms with van der Waals surface area (Å²) in [7, 11) is 0. The number of carbonyl (C=O) groups excluding carboxylic acids is 1. The third-order valence-corrected chi connectivity index (χ3v) is 4.82. The van der Waals surface area contributed by atoms with Crippen molar-refractivity contribution in [2.45, 2.75) is 56.6 Å². The number of ether oxygens (including phenoxy) is 1. The second kappa shape index (κ2) is 8.12. The Morgan fingerprint density at radius 3 is 2.65 bits per heavy atom. The van der Waals surface area contributed by atoms with Crippen molar-refractivity contribution in [1.82, 2.24) is 9.55 Å². The molecule has 1 aromatic heterocycles. The predicted octanol–water partition coefficient (Wildman–Crippen LogP) is -0.695. The zero-order chi connectivity index (χ0) is 18.7. The Morgan fingerprint density at radius 1 is 1.31 bits per heavy atom. The number of hydrogen-bond donors (Lipinski definition) is 4. The topological polar surface area (TPSA) is 143 Å². The minimum atomic E-state index is -1.38. The maximum absolute atomic E-state index is 12.2. The molecule has 10 heteroatoms. The molecule has 0 unspecified atom stereocenters. The van der Waals surface area contributed by atoms with Crippen LogP contribution in [-0.2, 0) is 14.4 Å². The molecule has 0 amide bonds. The predicted molar refractivity (Wildman–Crippen MR) is 87.8 cm³/mol. The zero-order valence-electron chi connectivity index (χ0n) is 14.2. The summed E-state index contributed by atoms with van der Waals surface area (Å²) in [5.41, 5.74) is 1.61. The fourth-order valence-electron chi connectivity index (χ4n) is 3.30. The molecule has 26 heavy (non-hydrogen) atoms. The summed E-state index contributed by atoms with van der Waals surface area (Å²) < 4.78 is 6.28. The molecule has 1 aliphatic heterocycles. The molecular weight excluding hydrogens is 346 g/mol. The molecule has 1 aromatic rings. The highest BCUT2D eigenvalue weighted by Gasteiger charge is 2.43. The van der Waals surface area contributed by atoms with Gasteiger partial charge in [-0.3, -0.25) is 4.57 Å². The normalized spacial score (nSPS) is 29.5. The van der Waals surface area contributed by atoms with Gasteiger partial charge in [0.2, 0.25) is 0 Å². The van der Waals surface area contributed by atoms with Crippen molar-refractivity contribution in [3.8, 4) is 0 Å². The van der Waals surface area contributed by atoms with Crippen molar-refractivity contribution in [1.29, 1.82) is 0 Å². The van der Waals surface area contributed by atoms with Gasteiger partial charge in [0.25, 0.3) is 0 Å². The van der Waals surface area contributed by atoms with Crippen LogP contribution < -0.4 is 11.2 Å². The van der Waals surface area contributed by atoms with Crippen molar-refractivity contribution < 1.29 is 29.7 Å². The maximum Gasteiger partial charge on any atom is 0.351 e. The summed E-state index contributed by atoms with van der Waals surface area (Å²) >= 11 is 0. The highest BCUT2D eigenvalue weighted by molar-refractivity contribution is 5.73. The summed E-state index contributed by atoms with van der Waals surface area (Å²) in [6.07, 6.45) is 1.15. The van der Waals surface area contributed by atoms with Crippen LogP contribution in [0.2, 0.25) is 0 Å².